The Morgan fingerprint density at radius 2 is 1.93 bits per heavy atom. The highest BCUT2D eigenvalue weighted by molar-refractivity contribution is 5.54. The third kappa shape index (κ3) is 4.28. The maximum atomic E-state index is 3.77. The Bertz CT molecular complexity index is 378. The SMILES string of the molecule is C=C/C(C=Cc1ccccc1)=C\C=C/C. The van der Waals surface area contributed by atoms with Crippen molar-refractivity contribution in [2.24, 2.45) is 0 Å². The lowest BCUT2D eigenvalue weighted by Gasteiger charge is -1.92. The van der Waals surface area contributed by atoms with Gasteiger partial charge in [0.15, 0.2) is 0 Å². The number of hydrogen-bond donors (Lipinski definition) is 0. The van der Waals surface area contributed by atoms with Gasteiger partial charge in [0.25, 0.3) is 0 Å². The molecule has 0 aromatic heterocycles. The summed E-state index contributed by atoms with van der Waals surface area (Å²) in [6, 6.07) is 10.2. The van der Waals surface area contributed by atoms with Crippen LogP contribution < -0.4 is 0 Å². The molecule has 0 aliphatic carbocycles. The van der Waals surface area contributed by atoms with Crippen molar-refractivity contribution in [3.63, 3.8) is 0 Å². The van der Waals surface area contributed by atoms with Gasteiger partial charge in [0, 0.05) is 0 Å². The van der Waals surface area contributed by atoms with Crippen LogP contribution in [0.15, 0.2) is 72.9 Å². The fourth-order valence-corrected chi connectivity index (χ4v) is 1.16. The second-order valence-electron chi connectivity index (χ2n) is 3.14. The molecule has 0 bridgehead atoms. The number of allylic oxidation sites excluding steroid dienone is 6. The van der Waals surface area contributed by atoms with E-state index in [0.717, 1.165) is 5.57 Å². The molecule has 0 aliphatic rings. The summed E-state index contributed by atoms with van der Waals surface area (Å²) in [6.45, 7) is 5.77. The predicted octanol–water partition coefficient (Wildman–Crippen LogP) is 4.39. The lowest BCUT2D eigenvalue weighted by molar-refractivity contribution is 1.64. The minimum Gasteiger partial charge on any atom is -0.0985 e. The van der Waals surface area contributed by atoms with Gasteiger partial charge in [0.1, 0.15) is 0 Å². The van der Waals surface area contributed by atoms with Gasteiger partial charge in [-0.3, -0.25) is 0 Å². The first-order valence-electron chi connectivity index (χ1n) is 5.05. The van der Waals surface area contributed by atoms with E-state index in [0.29, 0.717) is 0 Å². The van der Waals surface area contributed by atoms with Crippen LogP contribution in [-0.4, -0.2) is 0 Å². The number of benzene rings is 1. The molecule has 0 spiro atoms. The molecule has 0 saturated heterocycles. The topological polar surface area (TPSA) is 0 Å². The zero-order valence-electron chi connectivity index (χ0n) is 9.06. The zero-order chi connectivity index (χ0) is 10.9. The van der Waals surface area contributed by atoms with Crippen LogP contribution >= 0.6 is 0 Å². The highest BCUT2D eigenvalue weighted by Gasteiger charge is 1.84. The van der Waals surface area contributed by atoms with Gasteiger partial charge in [-0.1, -0.05) is 73.4 Å². The van der Waals surface area contributed by atoms with Crippen molar-refractivity contribution in [1.82, 2.24) is 0 Å². The molecule has 0 fully saturated rings. The van der Waals surface area contributed by atoms with Crippen LogP contribution in [0.3, 0.4) is 0 Å². The first-order valence-corrected chi connectivity index (χ1v) is 5.05. The molecule has 0 amide bonds. The molecule has 0 unspecified atom stereocenters. The summed E-state index contributed by atoms with van der Waals surface area (Å²) in [4.78, 5) is 0. The minimum absolute atomic E-state index is 1.11. The van der Waals surface area contributed by atoms with Crippen molar-refractivity contribution in [3.8, 4) is 0 Å². The molecule has 0 radical (unpaired) electrons. The Kier molecular flexibility index (Phi) is 4.96. The first-order chi connectivity index (χ1) is 7.36. The van der Waals surface area contributed by atoms with Crippen LogP contribution in [0.2, 0.25) is 0 Å². The van der Waals surface area contributed by atoms with E-state index in [4.69, 9.17) is 0 Å². The van der Waals surface area contributed by atoms with E-state index in [-0.39, 0.29) is 0 Å². The predicted molar refractivity (Wildman–Crippen MR) is 68.6 cm³/mol. The van der Waals surface area contributed by atoms with Gasteiger partial charge >= 0.3 is 0 Å². The van der Waals surface area contributed by atoms with Crippen molar-refractivity contribution in [1.29, 1.82) is 0 Å². The van der Waals surface area contributed by atoms with Gasteiger partial charge in [-0.25, -0.2) is 0 Å². The average Bonchev–Trinajstić information content (AvgIpc) is 2.31. The van der Waals surface area contributed by atoms with E-state index in [1.54, 1.807) is 0 Å². The van der Waals surface area contributed by atoms with Crippen molar-refractivity contribution in [2.75, 3.05) is 0 Å². The second kappa shape index (κ2) is 6.61. The van der Waals surface area contributed by atoms with Crippen LogP contribution in [0.4, 0.5) is 0 Å². The molecule has 0 nitrogen and oxygen atoms in total. The van der Waals surface area contributed by atoms with Crippen molar-refractivity contribution in [2.45, 2.75) is 6.92 Å². The number of rotatable bonds is 4. The maximum Gasteiger partial charge on any atom is -0.0256 e. The van der Waals surface area contributed by atoms with Crippen molar-refractivity contribution < 1.29 is 0 Å². The van der Waals surface area contributed by atoms with E-state index in [9.17, 15) is 0 Å². The third-order valence-corrected chi connectivity index (χ3v) is 1.98. The quantitative estimate of drug-likeness (QED) is 0.626. The molecule has 0 aliphatic heterocycles. The first kappa shape index (κ1) is 11.3. The zero-order valence-corrected chi connectivity index (χ0v) is 9.06. The van der Waals surface area contributed by atoms with E-state index in [2.05, 4.69) is 30.9 Å². The molecule has 0 saturated carbocycles. The van der Waals surface area contributed by atoms with Gasteiger partial charge in [0.2, 0.25) is 0 Å². The van der Waals surface area contributed by atoms with Gasteiger partial charge in [0.05, 0.1) is 0 Å². The molecule has 0 heterocycles. The molecule has 1 aromatic carbocycles. The molecule has 0 atom stereocenters. The Morgan fingerprint density at radius 3 is 2.53 bits per heavy atom. The molecular weight excluding hydrogens is 180 g/mol. The van der Waals surface area contributed by atoms with Crippen LogP contribution in [0.5, 0.6) is 0 Å². The Labute approximate surface area is 92.0 Å². The molecule has 76 valence electrons. The molecule has 0 heteroatoms. The standard InChI is InChI=1S/C15H16/c1-3-5-9-14(4-2)12-13-15-10-7-6-8-11-15/h3-13H,2H2,1H3/b5-3-,13-12?,14-9+. The summed E-state index contributed by atoms with van der Waals surface area (Å²) in [5, 5.41) is 0. The molecule has 1 rings (SSSR count). The lowest BCUT2D eigenvalue weighted by Crippen LogP contribution is -1.71. The van der Waals surface area contributed by atoms with Crippen LogP contribution in [0, 0.1) is 0 Å². The molecule has 15 heavy (non-hydrogen) atoms. The molecular formula is C15H16. The van der Waals surface area contributed by atoms with Gasteiger partial charge < -0.3 is 0 Å². The number of hydrogen-bond acceptors (Lipinski definition) is 0. The largest absolute Gasteiger partial charge is 0.0985 e. The molecule has 1 aromatic rings. The van der Waals surface area contributed by atoms with Gasteiger partial charge in [-0.05, 0) is 18.1 Å². The van der Waals surface area contributed by atoms with E-state index >= 15 is 0 Å². The fourth-order valence-electron chi connectivity index (χ4n) is 1.16. The van der Waals surface area contributed by atoms with E-state index in [1.807, 2.05) is 49.4 Å². The Balaban J connectivity index is 2.75. The Morgan fingerprint density at radius 1 is 1.20 bits per heavy atom. The minimum atomic E-state index is 1.11. The van der Waals surface area contributed by atoms with Crippen LogP contribution in [0.25, 0.3) is 6.08 Å². The fraction of sp³-hybridized carbons (Fsp3) is 0.0667. The van der Waals surface area contributed by atoms with Crippen molar-refractivity contribution in [3.05, 3.63) is 78.4 Å². The summed E-state index contributed by atoms with van der Waals surface area (Å²) in [5.74, 6) is 0. The lowest BCUT2D eigenvalue weighted by atomic mass is 10.1. The van der Waals surface area contributed by atoms with Crippen LogP contribution in [-0.2, 0) is 0 Å². The van der Waals surface area contributed by atoms with Crippen LogP contribution in [0.1, 0.15) is 12.5 Å². The second-order valence-corrected chi connectivity index (χ2v) is 3.14. The summed E-state index contributed by atoms with van der Waals surface area (Å²) >= 11 is 0. The average molecular weight is 196 g/mol. The normalized spacial score (nSPS) is 12.5. The summed E-state index contributed by atoms with van der Waals surface area (Å²) in [7, 11) is 0. The van der Waals surface area contributed by atoms with Gasteiger partial charge in [-0.2, -0.15) is 0 Å². The van der Waals surface area contributed by atoms with E-state index in [1.165, 1.54) is 5.56 Å². The van der Waals surface area contributed by atoms with Gasteiger partial charge in [-0.15, -0.1) is 0 Å². The Hall–Kier alpha value is -1.82. The summed E-state index contributed by atoms with van der Waals surface area (Å²) < 4.78 is 0. The highest BCUT2D eigenvalue weighted by atomic mass is 13.9. The maximum absolute atomic E-state index is 3.77. The van der Waals surface area contributed by atoms with Crippen molar-refractivity contribution >= 4 is 6.08 Å². The summed E-state index contributed by atoms with van der Waals surface area (Å²) in [5.41, 5.74) is 2.31. The monoisotopic (exact) mass is 196 g/mol. The van der Waals surface area contributed by atoms with E-state index < -0.39 is 0 Å². The smallest absolute Gasteiger partial charge is 0.0256 e. The highest BCUT2D eigenvalue weighted by Crippen LogP contribution is 2.05. The summed E-state index contributed by atoms with van der Waals surface area (Å²) in [6.07, 6.45) is 12.0. The molecule has 0 N–H and O–H groups in total. The third-order valence-electron chi connectivity index (χ3n) is 1.98.